The zero-order valence-electron chi connectivity index (χ0n) is 16.4. The van der Waals surface area contributed by atoms with Gasteiger partial charge >= 0.3 is 0 Å². The van der Waals surface area contributed by atoms with Crippen LogP contribution >= 0.6 is 0 Å². The molecular weight excluding hydrogens is 362 g/mol. The van der Waals surface area contributed by atoms with E-state index in [1.54, 1.807) is 26.4 Å². The second-order valence-electron chi connectivity index (χ2n) is 6.24. The van der Waals surface area contributed by atoms with Gasteiger partial charge in [-0.3, -0.25) is 9.59 Å². The fourth-order valence-corrected chi connectivity index (χ4v) is 2.98. The Bertz CT molecular complexity index is 871. The summed E-state index contributed by atoms with van der Waals surface area (Å²) in [6.45, 7) is 1.42. The third-order valence-electron chi connectivity index (χ3n) is 4.32. The molecule has 1 amide bonds. The molecule has 2 rings (SSSR count). The summed E-state index contributed by atoms with van der Waals surface area (Å²) in [6, 6.07) is 9.26. The summed E-state index contributed by atoms with van der Waals surface area (Å²) in [5.41, 5.74) is 1.05. The van der Waals surface area contributed by atoms with E-state index in [0.717, 1.165) is 5.56 Å². The third-order valence-corrected chi connectivity index (χ3v) is 4.32. The standard InChI is InChI=1S/C21H25NO6/c1-13(23)22-16(15-6-5-7-17(24)18(25)12-15)9-8-14-10-19(26-2)21(28-4)20(11-14)27-3/h5-7,10-12,16H,8-9H2,1-4H3,(H,22,23)(H,24,25)/t16-/m1/s1. The second-order valence-corrected chi connectivity index (χ2v) is 6.24. The number of carbonyl (C=O) groups is 1. The van der Waals surface area contributed by atoms with Crippen LogP contribution in [0.3, 0.4) is 0 Å². The van der Waals surface area contributed by atoms with Gasteiger partial charge in [0.15, 0.2) is 17.2 Å². The van der Waals surface area contributed by atoms with Crippen molar-refractivity contribution in [3.8, 4) is 23.0 Å². The van der Waals surface area contributed by atoms with Crippen LogP contribution in [-0.2, 0) is 11.2 Å². The number of ether oxygens (including phenoxy) is 3. The van der Waals surface area contributed by atoms with E-state index >= 15 is 0 Å². The summed E-state index contributed by atoms with van der Waals surface area (Å²) in [5, 5.41) is 12.5. The van der Waals surface area contributed by atoms with Crippen LogP contribution in [0.5, 0.6) is 23.0 Å². The van der Waals surface area contributed by atoms with Crippen molar-refractivity contribution in [1.29, 1.82) is 0 Å². The first-order valence-electron chi connectivity index (χ1n) is 8.78. The van der Waals surface area contributed by atoms with Crippen molar-refractivity contribution in [3.05, 3.63) is 57.7 Å². The predicted octanol–water partition coefficient (Wildman–Crippen LogP) is 2.59. The molecule has 0 unspecified atom stereocenters. The molecule has 0 aromatic heterocycles. The quantitative estimate of drug-likeness (QED) is 0.723. The lowest BCUT2D eigenvalue weighted by atomic mass is 9.99. The molecule has 1 atom stereocenters. The fourth-order valence-electron chi connectivity index (χ4n) is 2.98. The summed E-state index contributed by atoms with van der Waals surface area (Å²) in [6.07, 6.45) is 1.11. The van der Waals surface area contributed by atoms with Crippen LogP contribution in [0.2, 0.25) is 0 Å². The van der Waals surface area contributed by atoms with Gasteiger partial charge in [0, 0.05) is 6.92 Å². The molecule has 7 heteroatoms. The van der Waals surface area contributed by atoms with E-state index < -0.39 is 11.5 Å². The van der Waals surface area contributed by atoms with Gasteiger partial charge in [0.25, 0.3) is 0 Å². The Balaban J connectivity index is 2.32. The number of rotatable bonds is 8. The predicted molar refractivity (Wildman–Crippen MR) is 105 cm³/mol. The first kappa shape index (κ1) is 21.1. The molecule has 0 saturated carbocycles. The van der Waals surface area contributed by atoms with Gasteiger partial charge in [-0.1, -0.05) is 12.1 Å². The average Bonchev–Trinajstić information content (AvgIpc) is 2.84. The molecule has 0 aliphatic rings. The largest absolute Gasteiger partial charge is 0.504 e. The number of carbonyl (C=O) groups excluding carboxylic acids is 1. The zero-order chi connectivity index (χ0) is 20.7. The maximum absolute atomic E-state index is 11.9. The topological polar surface area (TPSA) is 94.1 Å². The van der Waals surface area contributed by atoms with E-state index in [9.17, 15) is 14.7 Å². The number of aryl methyl sites for hydroxylation is 1. The number of nitrogens with one attached hydrogen (secondary N) is 1. The minimum atomic E-state index is -0.497. The van der Waals surface area contributed by atoms with Gasteiger partial charge in [0.2, 0.25) is 17.1 Å². The van der Waals surface area contributed by atoms with Gasteiger partial charge in [0.1, 0.15) is 0 Å². The average molecular weight is 387 g/mol. The van der Waals surface area contributed by atoms with Crippen molar-refractivity contribution in [2.24, 2.45) is 0 Å². The van der Waals surface area contributed by atoms with E-state index in [-0.39, 0.29) is 11.7 Å². The zero-order valence-corrected chi connectivity index (χ0v) is 16.4. The monoisotopic (exact) mass is 387 g/mol. The van der Waals surface area contributed by atoms with Crippen LogP contribution < -0.4 is 25.0 Å². The summed E-state index contributed by atoms with van der Waals surface area (Å²) in [5.74, 6) is 1.06. The highest BCUT2D eigenvalue weighted by molar-refractivity contribution is 5.73. The number of methoxy groups -OCH3 is 3. The summed E-state index contributed by atoms with van der Waals surface area (Å²) < 4.78 is 16.1. The Morgan fingerprint density at radius 1 is 1.07 bits per heavy atom. The normalized spacial score (nSPS) is 11.4. The molecule has 2 aromatic rings. The van der Waals surface area contributed by atoms with Crippen LogP contribution in [0.15, 0.2) is 41.2 Å². The number of benzene rings is 1. The van der Waals surface area contributed by atoms with Crippen LogP contribution in [0, 0.1) is 0 Å². The Hall–Kier alpha value is -3.22. The van der Waals surface area contributed by atoms with Gasteiger partial charge < -0.3 is 24.6 Å². The molecule has 0 saturated heterocycles. The van der Waals surface area contributed by atoms with E-state index in [1.807, 2.05) is 12.1 Å². The molecular formula is C21H25NO6. The number of aromatic hydroxyl groups is 1. The molecule has 0 fully saturated rings. The summed E-state index contributed by atoms with van der Waals surface area (Å²) in [4.78, 5) is 23.6. The Morgan fingerprint density at radius 2 is 1.71 bits per heavy atom. The van der Waals surface area contributed by atoms with Gasteiger partial charge in [0.05, 0.1) is 27.4 Å². The first-order valence-corrected chi connectivity index (χ1v) is 8.78. The smallest absolute Gasteiger partial charge is 0.220 e. The van der Waals surface area contributed by atoms with Crippen molar-refractivity contribution in [2.45, 2.75) is 25.8 Å². The minimum Gasteiger partial charge on any atom is -0.504 e. The van der Waals surface area contributed by atoms with Gasteiger partial charge in [-0.25, -0.2) is 0 Å². The van der Waals surface area contributed by atoms with Crippen LogP contribution in [0.25, 0.3) is 0 Å². The van der Waals surface area contributed by atoms with E-state index in [1.165, 1.54) is 26.2 Å². The molecule has 0 aliphatic carbocycles. The first-order chi connectivity index (χ1) is 13.4. The molecule has 7 nitrogen and oxygen atoms in total. The van der Waals surface area contributed by atoms with E-state index in [0.29, 0.717) is 35.7 Å². The maximum atomic E-state index is 11.9. The highest BCUT2D eigenvalue weighted by Gasteiger charge is 2.17. The van der Waals surface area contributed by atoms with Crippen LogP contribution in [-0.4, -0.2) is 32.3 Å². The SMILES string of the molecule is COc1cc(CC[C@@H](NC(C)=O)c2cccc(O)c(=O)c2)cc(OC)c1OC. The fraction of sp³-hybridized carbons (Fsp3) is 0.333. The molecule has 2 aromatic carbocycles. The van der Waals surface area contributed by atoms with Gasteiger partial charge in [-0.15, -0.1) is 0 Å². The lowest BCUT2D eigenvalue weighted by molar-refractivity contribution is -0.119. The highest BCUT2D eigenvalue weighted by Crippen LogP contribution is 2.38. The molecule has 0 bridgehead atoms. The van der Waals surface area contributed by atoms with Crippen LogP contribution in [0.1, 0.15) is 30.5 Å². The van der Waals surface area contributed by atoms with Crippen molar-refractivity contribution in [3.63, 3.8) is 0 Å². The molecule has 0 radical (unpaired) electrons. The molecule has 28 heavy (non-hydrogen) atoms. The van der Waals surface area contributed by atoms with Crippen molar-refractivity contribution in [1.82, 2.24) is 5.32 Å². The molecule has 0 spiro atoms. The molecule has 150 valence electrons. The van der Waals surface area contributed by atoms with Crippen molar-refractivity contribution < 1.29 is 24.1 Å². The Labute approximate surface area is 163 Å². The van der Waals surface area contributed by atoms with Gasteiger partial charge in [-0.05, 0) is 48.2 Å². The minimum absolute atomic E-state index is 0.210. The number of hydrogen-bond acceptors (Lipinski definition) is 6. The molecule has 0 heterocycles. The summed E-state index contributed by atoms with van der Waals surface area (Å²) >= 11 is 0. The van der Waals surface area contributed by atoms with Crippen molar-refractivity contribution in [2.75, 3.05) is 21.3 Å². The third kappa shape index (κ3) is 5.16. The van der Waals surface area contributed by atoms with E-state index in [4.69, 9.17) is 14.2 Å². The lowest BCUT2D eigenvalue weighted by Crippen LogP contribution is -2.26. The number of amides is 1. The summed E-state index contributed by atoms with van der Waals surface area (Å²) in [7, 11) is 4.64. The maximum Gasteiger partial charge on any atom is 0.220 e. The highest BCUT2D eigenvalue weighted by atomic mass is 16.5. The van der Waals surface area contributed by atoms with Crippen molar-refractivity contribution >= 4 is 5.91 Å². The van der Waals surface area contributed by atoms with Gasteiger partial charge in [-0.2, -0.15) is 0 Å². The lowest BCUT2D eigenvalue weighted by Gasteiger charge is -2.19. The molecule has 2 N–H and O–H groups in total. The Kier molecular flexibility index (Phi) is 7.26. The Morgan fingerprint density at radius 3 is 2.25 bits per heavy atom. The number of hydrogen-bond donors (Lipinski definition) is 2. The van der Waals surface area contributed by atoms with Crippen LogP contribution in [0.4, 0.5) is 0 Å². The van der Waals surface area contributed by atoms with E-state index in [2.05, 4.69) is 5.32 Å². The molecule has 0 aliphatic heterocycles. The second kappa shape index (κ2) is 9.64.